The highest BCUT2D eigenvalue weighted by Gasteiger charge is 2.34. The summed E-state index contributed by atoms with van der Waals surface area (Å²) in [6, 6.07) is 0. The smallest absolute Gasteiger partial charge is 0.307 e. The first-order valence-electron chi connectivity index (χ1n) is 4.63. The maximum absolute atomic E-state index is 13.3. The van der Waals surface area contributed by atoms with Crippen LogP contribution in [0.25, 0.3) is 0 Å². The molecule has 0 aromatic heterocycles. The lowest BCUT2D eigenvalue weighted by molar-refractivity contribution is 0.186. The van der Waals surface area contributed by atoms with E-state index in [0.717, 1.165) is 0 Å². The summed E-state index contributed by atoms with van der Waals surface area (Å²) in [5.41, 5.74) is 0. The van der Waals surface area contributed by atoms with E-state index in [2.05, 4.69) is 0 Å². The normalized spacial score (nSPS) is 14.5. The highest BCUT2D eigenvalue weighted by molar-refractivity contribution is 7.54. The standard InChI is InChI=1S/C8H18FO3P/c1-4-7-8(9)13(10,11-5-2)12-6-3/h8H,4-7H2,1-3H3. The summed E-state index contributed by atoms with van der Waals surface area (Å²) in [6.45, 7) is 5.59. The third kappa shape index (κ3) is 4.21. The molecule has 3 nitrogen and oxygen atoms in total. The van der Waals surface area contributed by atoms with Crippen molar-refractivity contribution < 1.29 is 18.0 Å². The molecule has 0 amide bonds. The van der Waals surface area contributed by atoms with E-state index >= 15 is 0 Å². The molecule has 0 saturated heterocycles. The van der Waals surface area contributed by atoms with Gasteiger partial charge < -0.3 is 9.05 Å². The van der Waals surface area contributed by atoms with Crippen LogP contribution in [0.5, 0.6) is 0 Å². The molecule has 5 heteroatoms. The van der Waals surface area contributed by atoms with Crippen molar-refractivity contribution in [3.8, 4) is 0 Å². The lowest BCUT2D eigenvalue weighted by Crippen LogP contribution is -2.08. The lowest BCUT2D eigenvalue weighted by atomic mass is 10.4. The summed E-state index contributed by atoms with van der Waals surface area (Å²) in [4.78, 5) is 0. The Balaban J connectivity index is 4.28. The van der Waals surface area contributed by atoms with Gasteiger partial charge in [0.1, 0.15) is 0 Å². The van der Waals surface area contributed by atoms with Gasteiger partial charge in [0.25, 0.3) is 0 Å². The summed E-state index contributed by atoms with van der Waals surface area (Å²) in [5.74, 6) is -1.49. The van der Waals surface area contributed by atoms with E-state index in [1.807, 2.05) is 6.92 Å². The summed E-state index contributed by atoms with van der Waals surface area (Å²) in [7, 11) is -3.49. The average molecular weight is 212 g/mol. The molecular weight excluding hydrogens is 194 g/mol. The van der Waals surface area contributed by atoms with E-state index in [1.165, 1.54) is 0 Å². The minimum atomic E-state index is -3.49. The zero-order chi connectivity index (χ0) is 10.3. The molecule has 13 heavy (non-hydrogen) atoms. The van der Waals surface area contributed by atoms with E-state index in [9.17, 15) is 8.96 Å². The molecule has 0 aliphatic carbocycles. The molecule has 0 bridgehead atoms. The second-order valence-electron chi connectivity index (χ2n) is 2.60. The van der Waals surface area contributed by atoms with Crippen LogP contribution in [-0.2, 0) is 13.6 Å². The molecular formula is C8H18FO3P. The Bertz CT molecular complexity index is 165. The molecule has 0 spiro atoms. The predicted octanol–water partition coefficient (Wildman–Crippen LogP) is 3.35. The second kappa shape index (κ2) is 6.52. The zero-order valence-electron chi connectivity index (χ0n) is 8.46. The fourth-order valence-corrected chi connectivity index (χ4v) is 2.65. The third-order valence-electron chi connectivity index (χ3n) is 1.49. The molecule has 1 atom stereocenters. The molecule has 0 aromatic rings. The fraction of sp³-hybridized carbons (Fsp3) is 1.00. The highest BCUT2D eigenvalue weighted by Crippen LogP contribution is 2.55. The molecule has 0 aromatic carbocycles. The van der Waals surface area contributed by atoms with Crippen LogP contribution in [0.4, 0.5) is 4.39 Å². The predicted molar refractivity (Wildman–Crippen MR) is 50.7 cm³/mol. The van der Waals surface area contributed by atoms with Gasteiger partial charge in [-0.05, 0) is 20.3 Å². The van der Waals surface area contributed by atoms with E-state index in [4.69, 9.17) is 9.05 Å². The number of hydrogen-bond donors (Lipinski definition) is 0. The van der Waals surface area contributed by atoms with E-state index in [1.54, 1.807) is 13.8 Å². The zero-order valence-corrected chi connectivity index (χ0v) is 9.35. The maximum Gasteiger partial charge on any atom is 0.364 e. The van der Waals surface area contributed by atoms with Gasteiger partial charge in [-0.25, -0.2) is 4.39 Å². The monoisotopic (exact) mass is 212 g/mol. The van der Waals surface area contributed by atoms with Crippen molar-refractivity contribution in [2.75, 3.05) is 13.2 Å². The van der Waals surface area contributed by atoms with Gasteiger partial charge in [-0.15, -0.1) is 0 Å². The van der Waals surface area contributed by atoms with Crippen molar-refractivity contribution in [1.29, 1.82) is 0 Å². The van der Waals surface area contributed by atoms with Gasteiger partial charge in [0.05, 0.1) is 13.2 Å². The molecule has 0 radical (unpaired) electrons. The van der Waals surface area contributed by atoms with Crippen LogP contribution >= 0.6 is 7.60 Å². The molecule has 0 rings (SSSR count). The van der Waals surface area contributed by atoms with Crippen LogP contribution in [-0.4, -0.2) is 19.1 Å². The van der Waals surface area contributed by atoms with Gasteiger partial charge >= 0.3 is 7.60 Å². The first-order chi connectivity index (χ1) is 6.10. The summed E-state index contributed by atoms with van der Waals surface area (Å²) in [6.07, 6.45) is 0.850. The molecule has 0 N–H and O–H groups in total. The Morgan fingerprint density at radius 1 is 1.23 bits per heavy atom. The Hall–Kier alpha value is 0.0800. The number of alkyl halides is 1. The molecule has 0 fully saturated rings. The molecule has 80 valence electrons. The SMILES string of the molecule is CCCC(F)P(=O)(OCC)OCC. The van der Waals surface area contributed by atoms with Crippen molar-refractivity contribution in [3.63, 3.8) is 0 Å². The largest absolute Gasteiger partial charge is 0.364 e. The first kappa shape index (κ1) is 13.1. The quantitative estimate of drug-likeness (QED) is 0.607. The third-order valence-corrected chi connectivity index (χ3v) is 3.67. The molecule has 0 heterocycles. The van der Waals surface area contributed by atoms with Crippen molar-refractivity contribution in [2.45, 2.75) is 39.5 Å². The van der Waals surface area contributed by atoms with Crippen LogP contribution in [0.15, 0.2) is 0 Å². The topological polar surface area (TPSA) is 35.5 Å². The number of rotatable bonds is 7. The van der Waals surface area contributed by atoms with Gasteiger partial charge in [0.15, 0.2) is 0 Å². The Morgan fingerprint density at radius 3 is 2.00 bits per heavy atom. The summed E-state index contributed by atoms with van der Waals surface area (Å²) < 4.78 is 34.7. The number of hydrogen-bond acceptors (Lipinski definition) is 3. The van der Waals surface area contributed by atoms with Crippen LogP contribution in [0.3, 0.4) is 0 Å². The van der Waals surface area contributed by atoms with Gasteiger partial charge in [-0.3, -0.25) is 4.57 Å². The van der Waals surface area contributed by atoms with Crippen molar-refractivity contribution in [3.05, 3.63) is 0 Å². The van der Waals surface area contributed by atoms with Crippen molar-refractivity contribution >= 4 is 7.60 Å². The van der Waals surface area contributed by atoms with E-state index in [-0.39, 0.29) is 19.6 Å². The average Bonchev–Trinajstić information content (AvgIpc) is 2.05. The van der Waals surface area contributed by atoms with Crippen LogP contribution in [0.2, 0.25) is 0 Å². The van der Waals surface area contributed by atoms with Crippen LogP contribution in [0.1, 0.15) is 33.6 Å². The van der Waals surface area contributed by atoms with Crippen molar-refractivity contribution in [2.24, 2.45) is 0 Å². The van der Waals surface area contributed by atoms with Crippen LogP contribution < -0.4 is 0 Å². The van der Waals surface area contributed by atoms with Crippen LogP contribution in [0, 0.1) is 0 Å². The van der Waals surface area contributed by atoms with Gasteiger partial charge in [-0.1, -0.05) is 13.3 Å². The molecule has 0 saturated carbocycles. The van der Waals surface area contributed by atoms with Gasteiger partial charge in [0.2, 0.25) is 5.91 Å². The van der Waals surface area contributed by atoms with E-state index < -0.39 is 13.5 Å². The molecule has 0 aliphatic rings. The summed E-state index contributed by atoms with van der Waals surface area (Å²) >= 11 is 0. The summed E-state index contributed by atoms with van der Waals surface area (Å²) in [5, 5.41) is 0. The molecule has 0 aliphatic heterocycles. The molecule has 1 unspecified atom stereocenters. The first-order valence-corrected chi connectivity index (χ1v) is 6.24. The Morgan fingerprint density at radius 2 is 1.69 bits per heavy atom. The minimum Gasteiger partial charge on any atom is -0.307 e. The van der Waals surface area contributed by atoms with Crippen molar-refractivity contribution in [1.82, 2.24) is 0 Å². The minimum absolute atomic E-state index is 0.210. The Labute approximate surface area is 79.1 Å². The fourth-order valence-electron chi connectivity index (χ4n) is 0.955. The maximum atomic E-state index is 13.3. The van der Waals surface area contributed by atoms with E-state index in [0.29, 0.717) is 6.42 Å². The highest BCUT2D eigenvalue weighted by atomic mass is 31.2. The lowest BCUT2D eigenvalue weighted by Gasteiger charge is -2.19. The Kier molecular flexibility index (Phi) is 6.56. The van der Waals surface area contributed by atoms with Gasteiger partial charge in [0, 0.05) is 0 Å². The van der Waals surface area contributed by atoms with Gasteiger partial charge in [-0.2, -0.15) is 0 Å². The second-order valence-corrected chi connectivity index (χ2v) is 4.75. The number of halogens is 1.